The highest BCUT2D eigenvalue weighted by Crippen LogP contribution is 2.20. The summed E-state index contributed by atoms with van der Waals surface area (Å²) in [5, 5.41) is 0. The van der Waals surface area contributed by atoms with Crippen LogP contribution >= 0.6 is 0 Å². The predicted octanol–water partition coefficient (Wildman–Crippen LogP) is 2.68. The third-order valence-corrected chi connectivity index (χ3v) is 3.57. The molecule has 0 unspecified atom stereocenters. The van der Waals surface area contributed by atoms with Crippen molar-refractivity contribution in [3.8, 4) is 0 Å². The summed E-state index contributed by atoms with van der Waals surface area (Å²) in [7, 11) is -4.32. The number of hydrogen-bond donors (Lipinski definition) is 1. The molecule has 0 aliphatic heterocycles. The van der Waals surface area contributed by atoms with E-state index in [1.54, 1.807) is 36.4 Å². The summed E-state index contributed by atoms with van der Waals surface area (Å²) in [6.45, 7) is 3.82. The Morgan fingerprint density at radius 2 is 1.58 bits per heavy atom. The van der Waals surface area contributed by atoms with Gasteiger partial charge in [-0.25, -0.2) is 4.31 Å². The van der Waals surface area contributed by atoms with Gasteiger partial charge in [-0.2, -0.15) is 8.42 Å². The molecule has 0 heterocycles. The van der Waals surface area contributed by atoms with E-state index in [2.05, 4.69) is 6.92 Å². The van der Waals surface area contributed by atoms with Gasteiger partial charge in [0, 0.05) is 0 Å². The Kier molecular flexibility index (Phi) is 3.87. The van der Waals surface area contributed by atoms with E-state index in [0.29, 0.717) is 5.69 Å². The van der Waals surface area contributed by atoms with Crippen molar-refractivity contribution in [1.82, 2.24) is 0 Å². The third kappa shape index (κ3) is 3.56. The zero-order chi connectivity index (χ0) is 13.9. The summed E-state index contributed by atoms with van der Waals surface area (Å²) >= 11 is 0. The molecule has 2 aromatic rings. The van der Waals surface area contributed by atoms with Crippen molar-refractivity contribution in [2.45, 2.75) is 6.54 Å². The van der Waals surface area contributed by atoms with Crippen LogP contribution in [-0.2, 0) is 16.8 Å². The van der Waals surface area contributed by atoms with Gasteiger partial charge >= 0.3 is 10.3 Å². The molecule has 2 aromatic carbocycles. The van der Waals surface area contributed by atoms with Crippen LogP contribution in [0.4, 0.5) is 5.69 Å². The van der Waals surface area contributed by atoms with Gasteiger partial charge in [-0.1, -0.05) is 42.5 Å². The van der Waals surface area contributed by atoms with Crippen molar-refractivity contribution in [2.75, 3.05) is 4.31 Å². The highest BCUT2D eigenvalue weighted by atomic mass is 32.2. The second-order valence-corrected chi connectivity index (χ2v) is 5.47. The molecule has 99 valence electrons. The summed E-state index contributed by atoms with van der Waals surface area (Å²) in [4.78, 5) is 0. The van der Waals surface area contributed by atoms with Crippen molar-refractivity contribution in [3.05, 3.63) is 72.6 Å². The maximum atomic E-state index is 11.5. The van der Waals surface area contributed by atoms with Gasteiger partial charge in [0.15, 0.2) is 0 Å². The average Bonchev–Trinajstić information content (AvgIpc) is 2.37. The van der Waals surface area contributed by atoms with Crippen LogP contribution in [-0.4, -0.2) is 13.0 Å². The van der Waals surface area contributed by atoms with Gasteiger partial charge in [-0.15, -0.1) is 0 Å². The Bertz CT molecular complexity index is 636. The molecule has 19 heavy (non-hydrogen) atoms. The van der Waals surface area contributed by atoms with Crippen LogP contribution in [0.1, 0.15) is 11.1 Å². The Morgan fingerprint density at radius 1 is 1.00 bits per heavy atom. The zero-order valence-electron chi connectivity index (χ0n) is 10.2. The standard InChI is InChI=1S/C14H14NO3S/c1-12-7-9-14(10-8-12)15(19(16,17)18)11-13-5-3-2-4-6-13/h2-10H,1,11H2,(H,16,17,18). The van der Waals surface area contributed by atoms with Crippen molar-refractivity contribution >= 4 is 16.0 Å². The number of rotatable bonds is 4. The molecule has 0 aliphatic carbocycles. The second kappa shape index (κ2) is 5.42. The molecule has 0 amide bonds. The molecular weight excluding hydrogens is 262 g/mol. The molecule has 0 fully saturated rings. The maximum Gasteiger partial charge on any atom is 0.360 e. The van der Waals surface area contributed by atoms with Gasteiger partial charge in [-0.3, -0.25) is 4.55 Å². The monoisotopic (exact) mass is 276 g/mol. The first-order valence-corrected chi connectivity index (χ1v) is 7.07. The van der Waals surface area contributed by atoms with Crippen LogP contribution in [0.3, 0.4) is 0 Å². The summed E-state index contributed by atoms with van der Waals surface area (Å²) in [6.07, 6.45) is 0. The molecule has 0 aromatic heterocycles. The fourth-order valence-corrected chi connectivity index (χ4v) is 2.42. The molecule has 0 aliphatic rings. The van der Waals surface area contributed by atoms with E-state index in [1.807, 2.05) is 18.2 Å². The lowest BCUT2D eigenvalue weighted by molar-refractivity contribution is 0.477. The van der Waals surface area contributed by atoms with Crippen LogP contribution in [0.5, 0.6) is 0 Å². The molecule has 4 nitrogen and oxygen atoms in total. The molecule has 0 saturated heterocycles. The number of nitrogens with zero attached hydrogens (tertiary/aromatic N) is 1. The van der Waals surface area contributed by atoms with Gasteiger partial charge in [0.2, 0.25) is 0 Å². The van der Waals surface area contributed by atoms with E-state index in [-0.39, 0.29) is 6.54 Å². The first-order chi connectivity index (χ1) is 8.97. The molecule has 1 radical (unpaired) electrons. The molecule has 2 rings (SSSR count). The van der Waals surface area contributed by atoms with E-state index in [1.165, 1.54) is 0 Å². The summed E-state index contributed by atoms with van der Waals surface area (Å²) < 4.78 is 33.3. The van der Waals surface area contributed by atoms with Gasteiger partial charge in [0.05, 0.1) is 12.2 Å². The molecule has 0 spiro atoms. The lowest BCUT2D eigenvalue weighted by Crippen LogP contribution is -2.29. The zero-order valence-corrected chi connectivity index (χ0v) is 11.0. The van der Waals surface area contributed by atoms with Gasteiger partial charge in [-0.05, 0) is 30.2 Å². The van der Waals surface area contributed by atoms with Crippen LogP contribution in [0.15, 0.2) is 54.6 Å². The van der Waals surface area contributed by atoms with E-state index >= 15 is 0 Å². The first-order valence-electron chi connectivity index (χ1n) is 5.68. The normalized spacial score (nSPS) is 11.3. The lowest BCUT2D eigenvalue weighted by atomic mass is 10.2. The summed E-state index contributed by atoms with van der Waals surface area (Å²) in [5.74, 6) is 0. The fraction of sp³-hybridized carbons (Fsp3) is 0.0714. The summed E-state index contributed by atoms with van der Waals surface area (Å²) in [5.41, 5.74) is 1.97. The number of benzene rings is 2. The van der Waals surface area contributed by atoms with E-state index in [4.69, 9.17) is 0 Å². The molecule has 1 N–H and O–H groups in total. The maximum absolute atomic E-state index is 11.5. The quantitative estimate of drug-likeness (QED) is 0.873. The van der Waals surface area contributed by atoms with Crippen LogP contribution < -0.4 is 4.31 Å². The SMILES string of the molecule is [CH2]c1ccc(N(Cc2ccccc2)S(=O)(=O)O)cc1. The Hall–Kier alpha value is -1.85. The minimum Gasteiger partial charge on any atom is -0.269 e. The summed E-state index contributed by atoms with van der Waals surface area (Å²) in [6, 6.07) is 15.7. The van der Waals surface area contributed by atoms with Crippen LogP contribution in [0.2, 0.25) is 0 Å². The van der Waals surface area contributed by atoms with Crippen LogP contribution in [0.25, 0.3) is 0 Å². The van der Waals surface area contributed by atoms with Crippen molar-refractivity contribution in [3.63, 3.8) is 0 Å². The minimum absolute atomic E-state index is 0.0795. The molecule has 5 heteroatoms. The Morgan fingerprint density at radius 3 is 2.11 bits per heavy atom. The smallest absolute Gasteiger partial charge is 0.269 e. The van der Waals surface area contributed by atoms with Crippen molar-refractivity contribution in [1.29, 1.82) is 0 Å². The van der Waals surface area contributed by atoms with Crippen molar-refractivity contribution < 1.29 is 13.0 Å². The highest BCUT2D eigenvalue weighted by Gasteiger charge is 2.19. The molecule has 0 saturated carbocycles. The molecular formula is C14H14NO3S. The van der Waals surface area contributed by atoms with Gasteiger partial charge < -0.3 is 0 Å². The highest BCUT2D eigenvalue weighted by molar-refractivity contribution is 7.87. The van der Waals surface area contributed by atoms with Gasteiger partial charge in [0.1, 0.15) is 0 Å². The topological polar surface area (TPSA) is 57.6 Å². The number of hydrogen-bond acceptors (Lipinski definition) is 2. The molecule has 0 bridgehead atoms. The van der Waals surface area contributed by atoms with E-state index in [0.717, 1.165) is 15.4 Å². The first kappa shape index (κ1) is 13.6. The Balaban J connectivity index is 2.35. The Labute approximate surface area is 113 Å². The molecule has 0 atom stereocenters. The number of anilines is 1. The third-order valence-electron chi connectivity index (χ3n) is 2.67. The van der Waals surface area contributed by atoms with Gasteiger partial charge in [0.25, 0.3) is 0 Å². The van der Waals surface area contributed by atoms with Crippen LogP contribution in [0, 0.1) is 6.92 Å². The van der Waals surface area contributed by atoms with Crippen molar-refractivity contribution in [2.24, 2.45) is 0 Å². The second-order valence-electron chi connectivity index (χ2n) is 4.14. The average molecular weight is 276 g/mol. The fourth-order valence-electron chi connectivity index (χ4n) is 1.72. The minimum atomic E-state index is -4.32. The predicted molar refractivity (Wildman–Crippen MR) is 75.1 cm³/mol. The van der Waals surface area contributed by atoms with E-state index < -0.39 is 10.3 Å². The lowest BCUT2D eigenvalue weighted by Gasteiger charge is -2.21. The van der Waals surface area contributed by atoms with E-state index in [9.17, 15) is 13.0 Å². The largest absolute Gasteiger partial charge is 0.360 e.